The van der Waals surface area contributed by atoms with Crippen molar-refractivity contribution in [3.05, 3.63) is 56.4 Å². The van der Waals surface area contributed by atoms with E-state index in [1.807, 2.05) is 0 Å². The van der Waals surface area contributed by atoms with Gasteiger partial charge < -0.3 is 8.92 Å². The molecule has 33 heavy (non-hydrogen) atoms. The first-order valence-electron chi connectivity index (χ1n) is 10.9. The van der Waals surface area contributed by atoms with Crippen LogP contribution in [0.4, 0.5) is 0 Å². The SMILES string of the molecule is CCCCCC(CC(=O)CCc1ccc(OS(C)(=O)=O)c(OC)c1)n1cc(C)c(=O)[nH]c1=O. The summed E-state index contributed by atoms with van der Waals surface area (Å²) in [7, 11) is -2.28. The molecule has 0 saturated carbocycles. The lowest BCUT2D eigenvalue weighted by molar-refractivity contribution is -0.119. The molecule has 0 amide bonds. The Labute approximate surface area is 193 Å². The molecule has 182 valence electrons. The van der Waals surface area contributed by atoms with Crippen molar-refractivity contribution in [2.45, 2.75) is 64.8 Å². The summed E-state index contributed by atoms with van der Waals surface area (Å²) in [4.78, 5) is 39.2. The van der Waals surface area contributed by atoms with E-state index in [1.54, 1.807) is 19.1 Å². The van der Waals surface area contributed by atoms with E-state index in [9.17, 15) is 22.8 Å². The van der Waals surface area contributed by atoms with Crippen LogP contribution in [0.5, 0.6) is 11.5 Å². The number of ether oxygens (including phenoxy) is 1. The topological polar surface area (TPSA) is 125 Å². The molecule has 0 bridgehead atoms. The molecule has 9 nitrogen and oxygen atoms in total. The Kier molecular flexibility index (Phi) is 9.45. The molecule has 1 heterocycles. The van der Waals surface area contributed by atoms with Crippen molar-refractivity contribution in [2.24, 2.45) is 0 Å². The van der Waals surface area contributed by atoms with Gasteiger partial charge in [-0.3, -0.25) is 19.1 Å². The fourth-order valence-corrected chi connectivity index (χ4v) is 4.04. The van der Waals surface area contributed by atoms with Gasteiger partial charge in [-0.15, -0.1) is 0 Å². The van der Waals surface area contributed by atoms with Gasteiger partial charge in [0.25, 0.3) is 5.56 Å². The lowest BCUT2D eigenvalue weighted by Gasteiger charge is -2.19. The van der Waals surface area contributed by atoms with Crippen LogP contribution in [0.1, 0.15) is 62.6 Å². The van der Waals surface area contributed by atoms with Crippen LogP contribution in [-0.2, 0) is 21.3 Å². The first kappa shape index (κ1) is 26.4. The number of H-pyrrole nitrogens is 1. The normalized spacial score (nSPS) is 12.4. The van der Waals surface area contributed by atoms with E-state index < -0.39 is 21.4 Å². The molecule has 1 unspecified atom stereocenters. The molecule has 1 atom stereocenters. The Balaban J connectivity index is 2.12. The number of benzene rings is 1. The number of Topliss-reactive ketones (excluding diaryl/α,β-unsaturated/α-hetero) is 1. The summed E-state index contributed by atoms with van der Waals surface area (Å²) in [5.41, 5.74) is 0.282. The van der Waals surface area contributed by atoms with Gasteiger partial charge in [-0.25, -0.2) is 4.79 Å². The maximum atomic E-state index is 12.8. The highest BCUT2D eigenvalue weighted by atomic mass is 32.2. The number of nitrogens with one attached hydrogen (secondary N) is 1. The van der Waals surface area contributed by atoms with Gasteiger partial charge in [0, 0.05) is 30.6 Å². The van der Waals surface area contributed by atoms with E-state index in [-0.39, 0.29) is 36.2 Å². The second-order valence-electron chi connectivity index (χ2n) is 8.14. The molecule has 10 heteroatoms. The van der Waals surface area contributed by atoms with E-state index in [0.717, 1.165) is 31.1 Å². The van der Waals surface area contributed by atoms with Crippen molar-refractivity contribution in [3.63, 3.8) is 0 Å². The Morgan fingerprint density at radius 1 is 1.18 bits per heavy atom. The number of hydrogen-bond acceptors (Lipinski definition) is 7. The van der Waals surface area contributed by atoms with E-state index >= 15 is 0 Å². The van der Waals surface area contributed by atoms with Crippen molar-refractivity contribution in [1.29, 1.82) is 0 Å². The third kappa shape index (κ3) is 8.20. The van der Waals surface area contributed by atoms with E-state index in [2.05, 4.69) is 11.9 Å². The standard InChI is InChI=1S/C23H32N2O7S/c1-5-6-7-8-18(25-15-16(2)22(27)24-23(25)28)14-19(26)11-9-17-10-12-20(21(13-17)31-3)32-33(4,29)30/h10,12-13,15,18H,5-9,11,14H2,1-4H3,(H,24,27,28). The maximum Gasteiger partial charge on any atom is 0.328 e. The van der Waals surface area contributed by atoms with Crippen LogP contribution in [0.25, 0.3) is 0 Å². The van der Waals surface area contributed by atoms with Crippen molar-refractivity contribution in [3.8, 4) is 11.5 Å². The highest BCUT2D eigenvalue weighted by molar-refractivity contribution is 7.86. The lowest BCUT2D eigenvalue weighted by Crippen LogP contribution is -2.34. The largest absolute Gasteiger partial charge is 0.493 e. The number of carbonyl (C=O) groups excluding carboxylic acids is 1. The average Bonchev–Trinajstić information content (AvgIpc) is 2.74. The molecule has 0 fully saturated rings. The molecule has 1 aromatic carbocycles. The number of hydrogen-bond donors (Lipinski definition) is 1. The van der Waals surface area contributed by atoms with Gasteiger partial charge in [-0.05, 0) is 37.5 Å². The Hall–Kier alpha value is -2.88. The second-order valence-corrected chi connectivity index (χ2v) is 9.72. The third-order valence-corrected chi connectivity index (χ3v) is 5.79. The minimum atomic E-state index is -3.69. The van der Waals surface area contributed by atoms with E-state index in [1.165, 1.54) is 23.9 Å². The molecule has 0 saturated heterocycles. The van der Waals surface area contributed by atoms with Gasteiger partial charge >= 0.3 is 15.8 Å². The summed E-state index contributed by atoms with van der Waals surface area (Å²) in [5, 5.41) is 0. The van der Waals surface area contributed by atoms with Gasteiger partial charge in [0.05, 0.1) is 13.4 Å². The number of rotatable bonds is 13. The molecule has 0 aliphatic rings. The van der Waals surface area contributed by atoms with Crippen molar-refractivity contribution in [1.82, 2.24) is 9.55 Å². The van der Waals surface area contributed by atoms with Crippen molar-refractivity contribution >= 4 is 15.9 Å². The maximum absolute atomic E-state index is 12.8. The minimum Gasteiger partial charge on any atom is -0.493 e. The van der Waals surface area contributed by atoms with Crippen LogP contribution in [0, 0.1) is 6.92 Å². The van der Waals surface area contributed by atoms with Gasteiger partial charge in [0.2, 0.25) is 0 Å². The predicted molar refractivity (Wildman–Crippen MR) is 126 cm³/mol. The zero-order valence-corrected chi connectivity index (χ0v) is 20.4. The molecule has 0 radical (unpaired) electrons. The van der Waals surface area contributed by atoms with Crippen LogP contribution < -0.4 is 20.2 Å². The predicted octanol–water partition coefficient (Wildman–Crippen LogP) is 2.91. The van der Waals surface area contributed by atoms with Crippen molar-refractivity contribution in [2.75, 3.05) is 13.4 Å². The first-order valence-corrected chi connectivity index (χ1v) is 12.8. The second kappa shape index (κ2) is 11.8. The van der Waals surface area contributed by atoms with Crippen LogP contribution in [0.2, 0.25) is 0 Å². The number of nitrogens with zero attached hydrogens (tertiary/aromatic N) is 1. The molecule has 2 rings (SSSR count). The van der Waals surface area contributed by atoms with Gasteiger partial charge in [0.15, 0.2) is 11.5 Å². The summed E-state index contributed by atoms with van der Waals surface area (Å²) >= 11 is 0. The van der Waals surface area contributed by atoms with Crippen LogP contribution >= 0.6 is 0 Å². The number of aryl methyl sites for hydroxylation is 2. The molecule has 1 N–H and O–H groups in total. The molecule has 0 aliphatic heterocycles. The van der Waals surface area contributed by atoms with Crippen LogP contribution in [0.15, 0.2) is 34.0 Å². The Morgan fingerprint density at radius 3 is 2.55 bits per heavy atom. The zero-order chi connectivity index (χ0) is 24.6. The smallest absolute Gasteiger partial charge is 0.328 e. The number of unbranched alkanes of at least 4 members (excludes halogenated alkanes) is 2. The Morgan fingerprint density at radius 2 is 1.91 bits per heavy atom. The van der Waals surface area contributed by atoms with Crippen molar-refractivity contribution < 1.29 is 22.1 Å². The third-order valence-electron chi connectivity index (χ3n) is 5.31. The number of aromatic nitrogens is 2. The molecular weight excluding hydrogens is 448 g/mol. The van der Waals surface area contributed by atoms with Gasteiger partial charge in [-0.1, -0.05) is 32.3 Å². The molecule has 0 aliphatic carbocycles. The number of methoxy groups -OCH3 is 1. The van der Waals surface area contributed by atoms with E-state index in [4.69, 9.17) is 8.92 Å². The summed E-state index contributed by atoms with van der Waals surface area (Å²) in [6, 6.07) is 4.50. The quantitative estimate of drug-likeness (QED) is 0.345. The van der Waals surface area contributed by atoms with Gasteiger partial charge in [-0.2, -0.15) is 8.42 Å². The lowest BCUT2D eigenvalue weighted by atomic mass is 9.99. The summed E-state index contributed by atoms with van der Waals surface area (Å²) in [5.74, 6) is 0.333. The summed E-state index contributed by atoms with van der Waals surface area (Å²) in [6.07, 6.45) is 6.87. The van der Waals surface area contributed by atoms with Crippen LogP contribution in [0.3, 0.4) is 0 Å². The van der Waals surface area contributed by atoms with Crippen LogP contribution in [-0.4, -0.2) is 37.1 Å². The van der Waals surface area contributed by atoms with Gasteiger partial charge in [0.1, 0.15) is 5.78 Å². The molecule has 2 aromatic rings. The fraction of sp³-hybridized carbons (Fsp3) is 0.522. The molecule has 0 spiro atoms. The first-order chi connectivity index (χ1) is 15.5. The Bertz CT molecular complexity index is 1180. The monoisotopic (exact) mass is 480 g/mol. The number of carbonyl (C=O) groups is 1. The number of aromatic amines is 1. The summed E-state index contributed by atoms with van der Waals surface area (Å²) in [6.45, 7) is 3.71. The average molecular weight is 481 g/mol. The highest BCUT2D eigenvalue weighted by Gasteiger charge is 2.18. The van der Waals surface area contributed by atoms with E-state index in [0.29, 0.717) is 18.4 Å². The molecular formula is C23H32N2O7S. The zero-order valence-electron chi connectivity index (χ0n) is 19.5. The highest BCUT2D eigenvalue weighted by Crippen LogP contribution is 2.30. The number of ketones is 1. The fourth-order valence-electron chi connectivity index (χ4n) is 3.57. The molecule has 1 aromatic heterocycles. The summed E-state index contributed by atoms with van der Waals surface area (Å²) < 4.78 is 34.3. The minimum absolute atomic E-state index is 0.0114.